The van der Waals surface area contributed by atoms with Crippen molar-refractivity contribution < 1.29 is 9.59 Å². The third-order valence-electron chi connectivity index (χ3n) is 7.25. The molecule has 2 heterocycles. The normalized spacial score (nSPS) is 22.1. The lowest BCUT2D eigenvalue weighted by Crippen LogP contribution is -2.64. The molecule has 2 aliphatic rings. The average Bonchev–Trinajstić information content (AvgIpc) is 3.18. The number of carbonyl (C=O) groups is 2. The fourth-order valence-corrected chi connectivity index (χ4v) is 5.10. The Kier molecular flexibility index (Phi) is 7.09. The standard InChI is InChI=1S/C27H37ClN4O2/c1-26(2,3)23-16-22-24(33)31(17-19-12-14-20(28)15-13-19)27(4,18-32(22)30-23)25(34)29-21-10-8-6-5-7-9-11-21/h12-16,21H,5-11,17-18H2,1-4H3,(H,29,34)/t27-/m0/s1. The zero-order valence-electron chi connectivity index (χ0n) is 20.9. The van der Waals surface area contributed by atoms with Crippen molar-refractivity contribution in [3.8, 4) is 0 Å². The van der Waals surface area contributed by atoms with E-state index in [9.17, 15) is 9.59 Å². The van der Waals surface area contributed by atoms with Gasteiger partial charge in [-0.15, -0.1) is 0 Å². The number of fused-ring (bicyclic) bond motifs is 1. The van der Waals surface area contributed by atoms with Crippen LogP contribution >= 0.6 is 11.6 Å². The molecule has 7 heteroatoms. The number of nitrogens with one attached hydrogen (secondary N) is 1. The molecule has 1 aliphatic carbocycles. The van der Waals surface area contributed by atoms with Crippen LogP contribution in [-0.2, 0) is 23.3 Å². The lowest BCUT2D eigenvalue weighted by atomic mass is 9.91. The van der Waals surface area contributed by atoms with Crippen LogP contribution in [0.2, 0.25) is 5.02 Å². The topological polar surface area (TPSA) is 67.2 Å². The van der Waals surface area contributed by atoms with Gasteiger partial charge in [0.15, 0.2) is 0 Å². The van der Waals surface area contributed by atoms with E-state index >= 15 is 0 Å². The highest BCUT2D eigenvalue weighted by Crippen LogP contribution is 2.32. The van der Waals surface area contributed by atoms with E-state index in [2.05, 4.69) is 26.1 Å². The largest absolute Gasteiger partial charge is 0.351 e. The van der Waals surface area contributed by atoms with E-state index in [1.54, 1.807) is 9.58 Å². The molecule has 1 aromatic carbocycles. The summed E-state index contributed by atoms with van der Waals surface area (Å²) >= 11 is 6.08. The number of aromatic nitrogens is 2. The first kappa shape index (κ1) is 24.8. The number of hydrogen-bond acceptors (Lipinski definition) is 3. The molecule has 4 rings (SSSR count). The first-order chi connectivity index (χ1) is 16.1. The van der Waals surface area contributed by atoms with Crippen molar-refractivity contribution in [2.75, 3.05) is 0 Å². The second-order valence-electron chi connectivity index (χ2n) is 11.1. The number of rotatable bonds is 4. The van der Waals surface area contributed by atoms with E-state index in [0.717, 1.165) is 36.9 Å². The van der Waals surface area contributed by atoms with Crippen molar-refractivity contribution in [2.45, 2.75) is 103 Å². The van der Waals surface area contributed by atoms with Crippen molar-refractivity contribution in [2.24, 2.45) is 0 Å². The van der Waals surface area contributed by atoms with Crippen LogP contribution in [0, 0.1) is 0 Å². The number of amides is 2. The zero-order valence-corrected chi connectivity index (χ0v) is 21.6. The van der Waals surface area contributed by atoms with E-state index in [1.165, 1.54) is 19.3 Å². The summed E-state index contributed by atoms with van der Waals surface area (Å²) in [4.78, 5) is 29.4. The van der Waals surface area contributed by atoms with Gasteiger partial charge < -0.3 is 10.2 Å². The molecule has 2 aromatic rings. The summed E-state index contributed by atoms with van der Waals surface area (Å²) in [6.45, 7) is 8.78. The van der Waals surface area contributed by atoms with Crippen LogP contribution in [0.4, 0.5) is 0 Å². The SMILES string of the molecule is CC(C)(C)c1cc2n(n1)C[C@@](C)(C(=O)NC1CCCCCCC1)N(Cc1ccc(Cl)cc1)C2=O. The highest BCUT2D eigenvalue weighted by Gasteiger charge is 2.48. The molecule has 1 fully saturated rings. The van der Waals surface area contributed by atoms with Gasteiger partial charge in [-0.1, -0.05) is 76.6 Å². The Balaban J connectivity index is 1.67. The van der Waals surface area contributed by atoms with Gasteiger partial charge in [0.25, 0.3) is 5.91 Å². The molecular weight excluding hydrogens is 448 g/mol. The Morgan fingerprint density at radius 2 is 1.74 bits per heavy atom. The minimum absolute atomic E-state index is 0.0983. The van der Waals surface area contributed by atoms with Gasteiger partial charge in [-0.2, -0.15) is 5.10 Å². The molecule has 1 atom stereocenters. The van der Waals surface area contributed by atoms with Crippen LogP contribution in [0.3, 0.4) is 0 Å². The second kappa shape index (κ2) is 9.73. The van der Waals surface area contributed by atoms with Gasteiger partial charge in [0.05, 0.1) is 12.2 Å². The molecule has 34 heavy (non-hydrogen) atoms. The molecule has 2 amide bonds. The van der Waals surface area contributed by atoms with E-state index in [1.807, 2.05) is 37.3 Å². The first-order valence-electron chi connectivity index (χ1n) is 12.5. The molecule has 1 N–H and O–H groups in total. The monoisotopic (exact) mass is 484 g/mol. The summed E-state index contributed by atoms with van der Waals surface area (Å²) < 4.78 is 1.74. The van der Waals surface area contributed by atoms with Gasteiger partial charge >= 0.3 is 0 Å². The molecule has 0 radical (unpaired) electrons. The van der Waals surface area contributed by atoms with Gasteiger partial charge in [0.1, 0.15) is 11.2 Å². The summed E-state index contributed by atoms with van der Waals surface area (Å²) in [5.74, 6) is -0.265. The summed E-state index contributed by atoms with van der Waals surface area (Å²) in [6, 6.07) is 9.49. The smallest absolute Gasteiger partial charge is 0.273 e. The Labute approximate surface area is 208 Å². The fourth-order valence-electron chi connectivity index (χ4n) is 4.97. The quantitative estimate of drug-likeness (QED) is 0.625. The number of benzene rings is 1. The lowest BCUT2D eigenvalue weighted by molar-refractivity contribution is -0.134. The van der Waals surface area contributed by atoms with Crippen LogP contribution < -0.4 is 5.32 Å². The summed E-state index contributed by atoms with van der Waals surface area (Å²) in [7, 11) is 0. The van der Waals surface area contributed by atoms with Crippen molar-refractivity contribution in [3.05, 3.63) is 52.3 Å². The van der Waals surface area contributed by atoms with E-state index in [4.69, 9.17) is 16.7 Å². The second-order valence-corrected chi connectivity index (χ2v) is 11.6. The number of carbonyl (C=O) groups excluding carboxylic acids is 2. The van der Waals surface area contributed by atoms with Gasteiger partial charge in [-0.05, 0) is 43.5 Å². The van der Waals surface area contributed by atoms with Crippen molar-refractivity contribution in [1.82, 2.24) is 20.0 Å². The number of hydrogen-bond donors (Lipinski definition) is 1. The average molecular weight is 485 g/mol. The fraction of sp³-hybridized carbons (Fsp3) is 0.593. The molecule has 0 saturated heterocycles. The molecule has 0 spiro atoms. The van der Waals surface area contributed by atoms with Crippen LogP contribution in [0.5, 0.6) is 0 Å². The maximum absolute atomic E-state index is 13.8. The van der Waals surface area contributed by atoms with Crippen molar-refractivity contribution in [3.63, 3.8) is 0 Å². The summed E-state index contributed by atoms with van der Waals surface area (Å²) in [5.41, 5.74) is 1.09. The Morgan fingerprint density at radius 3 is 2.35 bits per heavy atom. The minimum atomic E-state index is -1.05. The van der Waals surface area contributed by atoms with Crippen molar-refractivity contribution in [1.29, 1.82) is 0 Å². The molecule has 0 unspecified atom stereocenters. The summed E-state index contributed by atoms with van der Waals surface area (Å²) in [6.07, 6.45) is 7.97. The number of nitrogens with zero attached hydrogens (tertiary/aromatic N) is 3. The maximum Gasteiger partial charge on any atom is 0.273 e. The Bertz CT molecular complexity index is 1030. The maximum atomic E-state index is 13.8. The van der Waals surface area contributed by atoms with Crippen LogP contribution in [-0.4, -0.2) is 38.1 Å². The summed E-state index contributed by atoms with van der Waals surface area (Å²) in [5, 5.41) is 8.71. The molecular formula is C27H37ClN4O2. The third kappa shape index (κ3) is 5.17. The molecule has 184 valence electrons. The molecule has 1 aliphatic heterocycles. The molecule has 6 nitrogen and oxygen atoms in total. The van der Waals surface area contributed by atoms with Gasteiger partial charge in [0.2, 0.25) is 5.91 Å². The van der Waals surface area contributed by atoms with Crippen molar-refractivity contribution >= 4 is 23.4 Å². The van der Waals surface area contributed by atoms with Gasteiger partial charge in [-0.25, -0.2) is 0 Å². The molecule has 1 saturated carbocycles. The first-order valence-corrected chi connectivity index (χ1v) is 12.9. The minimum Gasteiger partial charge on any atom is -0.351 e. The van der Waals surface area contributed by atoms with E-state index in [0.29, 0.717) is 23.8 Å². The predicted molar refractivity (Wildman–Crippen MR) is 135 cm³/mol. The van der Waals surface area contributed by atoms with E-state index < -0.39 is 5.54 Å². The Morgan fingerprint density at radius 1 is 1.12 bits per heavy atom. The Hall–Kier alpha value is -2.34. The van der Waals surface area contributed by atoms with Crippen LogP contribution in [0.15, 0.2) is 30.3 Å². The lowest BCUT2D eigenvalue weighted by Gasteiger charge is -2.44. The zero-order chi connectivity index (χ0) is 24.5. The third-order valence-corrected chi connectivity index (χ3v) is 7.50. The molecule has 0 bridgehead atoms. The van der Waals surface area contributed by atoms with Gasteiger partial charge in [-0.3, -0.25) is 14.3 Å². The number of halogens is 1. The highest BCUT2D eigenvalue weighted by molar-refractivity contribution is 6.30. The van der Waals surface area contributed by atoms with Crippen LogP contribution in [0.25, 0.3) is 0 Å². The molecule has 1 aromatic heterocycles. The highest BCUT2D eigenvalue weighted by atomic mass is 35.5. The van der Waals surface area contributed by atoms with E-state index in [-0.39, 0.29) is 23.3 Å². The van der Waals surface area contributed by atoms with Crippen LogP contribution in [0.1, 0.15) is 94.4 Å². The van der Waals surface area contributed by atoms with Gasteiger partial charge in [0, 0.05) is 23.0 Å². The predicted octanol–water partition coefficient (Wildman–Crippen LogP) is 5.48.